The molecule has 2 heterocycles. The van der Waals surface area contributed by atoms with Crippen molar-refractivity contribution in [2.45, 2.75) is 62.9 Å². The number of nitrogens with one attached hydrogen (secondary N) is 1. The maximum absolute atomic E-state index is 13.0. The minimum absolute atomic E-state index is 0.0481. The Morgan fingerprint density at radius 3 is 2.64 bits per heavy atom. The van der Waals surface area contributed by atoms with Crippen LogP contribution in [0.25, 0.3) is 0 Å². The fraction of sp³-hybridized carbons (Fsp3) is 0.526. The molecule has 0 saturated heterocycles. The van der Waals surface area contributed by atoms with Crippen molar-refractivity contribution in [2.75, 3.05) is 4.90 Å². The van der Waals surface area contributed by atoms with E-state index < -0.39 is 0 Å². The number of carbonyl (C=O) groups is 1. The van der Waals surface area contributed by atoms with Gasteiger partial charge in [0.25, 0.3) is 0 Å². The Labute approximate surface area is 146 Å². The molecule has 1 aromatic heterocycles. The Hall–Kier alpha value is -2.37. The Morgan fingerprint density at radius 2 is 1.84 bits per heavy atom. The molecule has 1 atom stereocenters. The minimum atomic E-state index is -0.209. The fourth-order valence-corrected chi connectivity index (χ4v) is 4.03. The molecule has 6 heteroatoms. The molecule has 1 unspecified atom stereocenters. The van der Waals surface area contributed by atoms with Crippen LogP contribution < -0.4 is 10.2 Å². The number of aromatic nitrogens is 2. The van der Waals surface area contributed by atoms with Gasteiger partial charge in [-0.25, -0.2) is 4.79 Å². The third kappa shape index (κ3) is 2.69. The number of anilines is 1. The summed E-state index contributed by atoms with van der Waals surface area (Å²) < 4.78 is 5.93. The van der Waals surface area contributed by atoms with E-state index in [-0.39, 0.29) is 18.1 Å². The van der Waals surface area contributed by atoms with E-state index in [0.717, 1.165) is 49.2 Å². The summed E-state index contributed by atoms with van der Waals surface area (Å²) in [5, 5.41) is 11.7. The largest absolute Gasteiger partial charge is 0.423 e. The van der Waals surface area contributed by atoms with E-state index in [1.54, 1.807) is 0 Å². The zero-order chi connectivity index (χ0) is 16.8. The predicted octanol–water partition coefficient (Wildman–Crippen LogP) is 3.70. The topological polar surface area (TPSA) is 71.3 Å². The molecule has 2 aliphatic carbocycles. The van der Waals surface area contributed by atoms with E-state index in [0.29, 0.717) is 11.8 Å². The van der Waals surface area contributed by atoms with Crippen LogP contribution in [0.5, 0.6) is 0 Å². The maximum Gasteiger partial charge on any atom is 0.322 e. The Bertz CT molecular complexity index is 792. The number of amides is 2. The molecule has 1 N–H and O–H groups in total. The molecule has 3 aliphatic rings. The van der Waals surface area contributed by atoms with Crippen molar-refractivity contribution >= 4 is 11.7 Å². The number of para-hydroxylation sites is 1. The molecule has 2 fully saturated rings. The summed E-state index contributed by atoms with van der Waals surface area (Å²) in [6.45, 7) is 0. The monoisotopic (exact) mass is 338 g/mol. The van der Waals surface area contributed by atoms with Gasteiger partial charge in [-0.05, 0) is 37.3 Å². The van der Waals surface area contributed by atoms with Crippen molar-refractivity contribution in [2.24, 2.45) is 0 Å². The lowest BCUT2D eigenvalue weighted by Crippen LogP contribution is -2.44. The molecule has 2 saturated carbocycles. The van der Waals surface area contributed by atoms with Gasteiger partial charge in [-0.15, -0.1) is 10.2 Å². The first-order valence-corrected chi connectivity index (χ1v) is 9.30. The van der Waals surface area contributed by atoms with Gasteiger partial charge in [0, 0.05) is 24.1 Å². The van der Waals surface area contributed by atoms with E-state index in [9.17, 15) is 4.79 Å². The van der Waals surface area contributed by atoms with Gasteiger partial charge in [0.2, 0.25) is 11.8 Å². The predicted molar refractivity (Wildman–Crippen MR) is 92.4 cm³/mol. The number of hydrogen-bond donors (Lipinski definition) is 1. The van der Waals surface area contributed by atoms with Crippen molar-refractivity contribution in [1.29, 1.82) is 0 Å². The van der Waals surface area contributed by atoms with Gasteiger partial charge < -0.3 is 9.73 Å². The summed E-state index contributed by atoms with van der Waals surface area (Å²) in [4.78, 5) is 14.8. The van der Waals surface area contributed by atoms with Gasteiger partial charge in [-0.1, -0.05) is 31.0 Å². The first kappa shape index (κ1) is 14.9. The Kier molecular flexibility index (Phi) is 3.50. The van der Waals surface area contributed by atoms with E-state index in [1.807, 2.05) is 23.1 Å². The smallest absolute Gasteiger partial charge is 0.322 e. The van der Waals surface area contributed by atoms with Crippen LogP contribution in [-0.2, 0) is 6.42 Å². The number of nitrogens with zero attached hydrogens (tertiary/aromatic N) is 3. The van der Waals surface area contributed by atoms with E-state index in [4.69, 9.17) is 4.42 Å². The highest BCUT2D eigenvalue weighted by Gasteiger charge is 2.40. The van der Waals surface area contributed by atoms with Crippen LogP contribution in [-0.4, -0.2) is 22.3 Å². The molecule has 6 nitrogen and oxygen atoms in total. The summed E-state index contributed by atoms with van der Waals surface area (Å²) in [6, 6.07) is 8.08. The van der Waals surface area contributed by atoms with Crippen LogP contribution in [0, 0.1) is 0 Å². The standard InChI is InChI=1S/C19H22N4O2/c24-19(20-14-6-2-3-7-14)23-15-8-4-1-5-13(15)11-16(23)18-22-21-17(25-18)12-9-10-12/h1,4-5,8,12,14,16H,2-3,6-7,9-11H2,(H,20,24). The highest BCUT2D eigenvalue weighted by molar-refractivity contribution is 5.95. The molecule has 25 heavy (non-hydrogen) atoms. The molecule has 5 rings (SSSR count). The molecule has 0 radical (unpaired) electrons. The third-order valence-corrected chi connectivity index (χ3v) is 5.55. The number of rotatable bonds is 3. The van der Waals surface area contributed by atoms with Crippen molar-refractivity contribution < 1.29 is 9.21 Å². The molecular formula is C19H22N4O2. The van der Waals surface area contributed by atoms with Crippen molar-refractivity contribution in [3.8, 4) is 0 Å². The zero-order valence-electron chi connectivity index (χ0n) is 14.1. The minimum Gasteiger partial charge on any atom is -0.423 e. The third-order valence-electron chi connectivity index (χ3n) is 5.55. The maximum atomic E-state index is 13.0. The van der Waals surface area contributed by atoms with Gasteiger partial charge in [-0.3, -0.25) is 4.90 Å². The summed E-state index contributed by atoms with van der Waals surface area (Å²) in [5.41, 5.74) is 2.11. The number of carbonyl (C=O) groups excluding carboxylic acids is 1. The summed E-state index contributed by atoms with van der Waals surface area (Å²) in [7, 11) is 0. The molecule has 130 valence electrons. The average molecular weight is 338 g/mol. The van der Waals surface area contributed by atoms with Crippen LogP contribution in [0.3, 0.4) is 0 Å². The second kappa shape index (κ2) is 5.86. The number of fused-ring (bicyclic) bond motifs is 1. The van der Waals surface area contributed by atoms with Crippen molar-refractivity contribution in [3.63, 3.8) is 0 Å². The van der Waals surface area contributed by atoms with Gasteiger partial charge in [0.05, 0.1) is 0 Å². The van der Waals surface area contributed by atoms with E-state index in [2.05, 4.69) is 21.6 Å². The fourth-order valence-electron chi connectivity index (χ4n) is 4.03. The summed E-state index contributed by atoms with van der Waals surface area (Å²) >= 11 is 0. The lowest BCUT2D eigenvalue weighted by molar-refractivity contribution is 0.239. The Morgan fingerprint density at radius 1 is 1.08 bits per heavy atom. The summed E-state index contributed by atoms with van der Waals surface area (Å²) in [6.07, 6.45) is 7.49. The molecule has 0 spiro atoms. The highest BCUT2D eigenvalue weighted by atomic mass is 16.4. The van der Waals surface area contributed by atoms with Crippen molar-refractivity contribution in [3.05, 3.63) is 41.6 Å². The van der Waals surface area contributed by atoms with Gasteiger partial charge in [0.1, 0.15) is 6.04 Å². The molecule has 1 aliphatic heterocycles. The molecule has 1 aromatic carbocycles. The van der Waals surface area contributed by atoms with E-state index in [1.165, 1.54) is 12.8 Å². The molecule has 2 aromatic rings. The first-order valence-electron chi connectivity index (χ1n) is 9.30. The summed E-state index contributed by atoms with van der Waals surface area (Å²) in [5.74, 6) is 1.70. The second-order valence-electron chi connectivity index (χ2n) is 7.40. The van der Waals surface area contributed by atoms with Crippen LogP contribution >= 0.6 is 0 Å². The van der Waals surface area contributed by atoms with Gasteiger partial charge in [-0.2, -0.15) is 0 Å². The molecule has 0 bridgehead atoms. The molecular weight excluding hydrogens is 316 g/mol. The van der Waals surface area contributed by atoms with Gasteiger partial charge in [0.15, 0.2) is 0 Å². The average Bonchev–Trinajstić information content (AvgIpc) is 3.04. The van der Waals surface area contributed by atoms with Gasteiger partial charge >= 0.3 is 6.03 Å². The first-order chi connectivity index (χ1) is 12.3. The van der Waals surface area contributed by atoms with Crippen LogP contribution in [0.15, 0.2) is 28.7 Å². The van der Waals surface area contributed by atoms with Crippen LogP contribution in [0.4, 0.5) is 10.5 Å². The second-order valence-corrected chi connectivity index (χ2v) is 7.40. The van der Waals surface area contributed by atoms with Crippen molar-refractivity contribution in [1.82, 2.24) is 15.5 Å². The lowest BCUT2D eigenvalue weighted by atomic mass is 10.1. The number of benzene rings is 1. The number of urea groups is 1. The number of hydrogen-bond acceptors (Lipinski definition) is 4. The zero-order valence-corrected chi connectivity index (χ0v) is 14.1. The Balaban J connectivity index is 1.45. The lowest BCUT2D eigenvalue weighted by Gasteiger charge is -2.25. The highest BCUT2D eigenvalue weighted by Crippen LogP contribution is 2.43. The quantitative estimate of drug-likeness (QED) is 0.926. The van der Waals surface area contributed by atoms with E-state index >= 15 is 0 Å². The van der Waals surface area contributed by atoms with Crippen LogP contribution in [0.2, 0.25) is 0 Å². The normalized spacial score (nSPS) is 23.0. The SMILES string of the molecule is O=C(NC1CCCC1)N1c2ccccc2CC1c1nnc(C2CC2)o1. The van der Waals surface area contributed by atoms with Crippen LogP contribution in [0.1, 0.15) is 67.8 Å². The molecule has 2 amide bonds.